The highest BCUT2D eigenvalue weighted by Gasteiger charge is 2.20. The molecule has 4 heterocycles. The van der Waals surface area contributed by atoms with Crippen LogP contribution in [-0.2, 0) is 20.1 Å². The van der Waals surface area contributed by atoms with Gasteiger partial charge in [-0.15, -0.1) is 0 Å². The van der Waals surface area contributed by atoms with Gasteiger partial charge < -0.3 is 9.84 Å². The van der Waals surface area contributed by atoms with E-state index >= 15 is 0 Å². The van der Waals surface area contributed by atoms with Crippen LogP contribution in [0.3, 0.4) is 0 Å². The Bertz CT molecular complexity index is 1390. The number of aliphatic hydroxyl groups is 1. The van der Waals surface area contributed by atoms with Crippen molar-refractivity contribution in [1.29, 1.82) is 0 Å². The predicted octanol–water partition coefficient (Wildman–Crippen LogP) is 1.83. The molecule has 10 heteroatoms. The van der Waals surface area contributed by atoms with E-state index in [0.717, 1.165) is 33.4 Å². The molecule has 0 saturated heterocycles. The quantitative estimate of drug-likeness (QED) is 0.430. The monoisotopic (exact) mass is 449 g/mol. The zero-order chi connectivity index (χ0) is 23.1. The number of fused-ring (bicyclic) bond motifs is 4. The Labute approximate surface area is 190 Å². The van der Waals surface area contributed by atoms with Gasteiger partial charge in [0.15, 0.2) is 0 Å². The number of aromatic amines is 2. The summed E-state index contributed by atoms with van der Waals surface area (Å²) in [5.74, 6) is 0.699. The molecule has 33 heavy (non-hydrogen) atoms. The van der Waals surface area contributed by atoms with Crippen molar-refractivity contribution in [3.8, 4) is 17.0 Å². The molecule has 1 aromatic carbocycles. The van der Waals surface area contributed by atoms with Crippen LogP contribution >= 0.6 is 0 Å². The highest BCUT2D eigenvalue weighted by molar-refractivity contribution is 5.93. The number of benzene rings is 1. The third kappa shape index (κ3) is 3.87. The Morgan fingerprint density at radius 2 is 2.12 bits per heavy atom. The van der Waals surface area contributed by atoms with E-state index in [4.69, 9.17) is 4.74 Å². The number of likely N-dealkylation sites (N-methyl/N-ethyl adjacent to an activating group) is 1. The third-order valence-electron chi connectivity index (χ3n) is 5.94. The molecule has 0 radical (unpaired) electrons. The number of rotatable bonds is 2. The maximum atomic E-state index is 12.7. The maximum Gasteiger partial charge on any atom is 0.271 e. The lowest BCUT2D eigenvalue weighted by Crippen LogP contribution is -2.32. The van der Waals surface area contributed by atoms with Crippen LogP contribution in [0.1, 0.15) is 23.9 Å². The van der Waals surface area contributed by atoms with Crippen molar-refractivity contribution in [2.75, 3.05) is 20.2 Å². The lowest BCUT2D eigenvalue weighted by Gasteiger charge is -2.23. The average molecular weight is 450 g/mol. The summed E-state index contributed by atoms with van der Waals surface area (Å²) < 4.78 is 9.79. The van der Waals surface area contributed by atoms with Crippen molar-refractivity contribution < 1.29 is 9.84 Å². The molecule has 0 spiro atoms. The van der Waals surface area contributed by atoms with Gasteiger partial charge in [-0.1, -0.05) is 6.07 Å². The first-order chi connectivity index (χ1) is 15.9. The second-order valence-corrected chi connectivity index (χ2v) is 8.49. The van der Waals surface area contributed by atoms with E-state index in [0.29, 0.717) is 31.1 Å². The van der Waals surface area contributed by atoms with E-state index in [-0.39, 0.29) is 18.3 Å². The summed E-state index contributed by atoms with van der Waals surface area (Å²) in [5, 5.41) is 25.2. The van der Waals surface area contributed by atoms with E-state index in [1.54, 1.807) is 9.36 Å². The second kappa shape index (κ2) is 8.38. The van der Waals surface area contributed by atoms with Crippen molar-refractivity contribution in [3.63, 3.8) is 0 Å². The van der Waals surface area contributed by atoms with Gasteiger partial charge in [0.05, 0.1) is 47.4 Å². The highest BCUT2D eigenvalue weighted by atomic mass is 16.5. The van der Waals surface area contributed by atoms with Gasteiger partial charge in [0.2, 0.25) is 5.88 Å². The first-order valence-corrected chi connectivity index (χ1v) is 10.9. The highest BCUT2D eigenvalue weighted by Crippen LogP contribution is 2.33. The van der Waals surface area contributed by atoms with Crippen LogP contribution in [-0.4, -0.2) is 66.1 Å². The topological polar surface area (TPSA) is 117 Å². The number of nitrogens with zero attached hydrogens (tertiary/aromatic N) is 5. The SMILES string of the molecule is C[C@H]1CN(C)Cc2c(c(=O)[nH]n2CCO)/C=C/c2[nH]nc3ccc(cc23)-c2cnn(C)c2O1. The van der Waals surface area contributed by atoms with Crippen molar-refractivity contribution in [2.24, 2.45) is 7.05 Å². The Morgan fingerprint density at radius 3 is 2.94 bits per heavy atom. The fourth-order valence-corrected chi connectivity index (χ4v) is 4.40. The Morgan fingerprint density at radius 1 is 1.27 bits per heavy atom. The summed E-state index contributed by atoms with van der Waals surface area (Å²) in [5.41, 5.74) is 4.69. The van der Waals surface area contributed by atoms with Gasteiger partial charge in [-0.2, -0.15) is 10.2 Å². The van der Waals surface area contributed by atoms with Crippen LogP contribution in [0.25, 0.3) is 34.2 Å². The minimum atomic E-state index is -0.195. The fourth-order valence-electron chi connectivity index (χ4n) is 4.40. The van der Waals surface area contributed by atoms with Crippen LogP contribution in [0, 0.1) is 0 Å². The lowest BCUT2D eigenvalue weighted by molar-refractivity contribution is 0.146. The summed E-state index contributed by atoms with van der Waals surface area (Å²) in [6.45, 7) is 3.40. The normalized spacial score (nSPS) is 17.9. The minimum absolute atomic E-state index is 0.0682. The van der Waals surface area contributed by atoms with Gasteiger partial charge in [-0.05, 0) is 43.8 Å². The van der Waals surface area contributed by atoms with Crippen LogP contribution in [0.4, 0.5) is 0 Å². The maximum absolute atomic E-state index is 12.7. The Balaban J connectivity index is 1.69. The molecule has 3 N–H and O–H groups in total. The van der Waals surface area contributed by atoms with E-state index in [9.17, 15) is 9.90 Å². The molecule has 0 amide bonds. The number of hydrogen-bond acceptors (Lipinski definition) is 6. The van der Waals surface area contributed by atoms with Gasteiger partial charge in [-0.3, -0.25) is 24.6 Å². The van der Waals surface area contributed by atoms with E-state index < -0.39 is 0 Å². The second-order valence-electron chi connectivity index (χ2n) is 8.49. The minimum Gasteiger partial charge on any atom is -0.473 e. The summed E-state index contributed by atoms with van der Waals surface area (Å²) in [7, 11) is 3.85. The molecule has 1 aliphatic heterocycles. The molecule has 0 fully saturated rings. The molecular weight excluding hydrogens is 422 g/mol. The van der Waals surface area contributed by atoms with Gasteiger partial charge in [0.1, 0.15) is 6.10 Å². The molecule has 5 rings (SSSR count). The number of aryl methyl sites for hydroxylation is 1. The van der Waals surface area contributed by atoms with E-state index in [1.807, 2.05) is 51.5 Å². The van der Waals surface area contributed by atoms with Gasteiger partial charge in [-0.25, -0.2) is 4.68 Å². The molecule has 0 unspecified atom stereocenters. The molecule has 2 bridgehead atoms. The molecule has 10 nitrogen and oxygen atoms in total. The zero-order valence-electron chi connectivity index (χ0n) is 18.9. The van der Waals surface area contributed by atoms with Gasteiger partial charge >= 0.3 is 0 Å². The summed E-state index contributed by atoms with van der Waals surface area (Å²) in [4.78, 5) is 14.8. The predicted molar refractivity (Wildman–Crippen MR) is 126 cm³/mol. The molecule has 3 aromatic heterocycles. The van der Waals surface area contributed by atoms with Crippen molar-refractivity contribution in [3.05, 3.63) is 51.7 Å². The number of aromatic nitrogens is 6. The Kier molecular flexibility index (Phi) is 5.39. The number of hydrogen-bond donors (Lipinski definition) is 3. The van der Waals surface area contributed by atoms with E-state index in [1.165, 1.54) is 0 Å². The van der Waals surface area contributed by atoms with Gasteiger partial charge in [0, 0.05) is 25.5 Å². The molecular formula is C23H27N7O3. The first kappa shape index (κ1) is 21.2. The number of ether oxygens (including phenoxy) is 1. The fraction of sp³-hybridized carbons (Fsp3) is 0.348. The van der Waals surface area contributed by atoms with Crippen molar-refractivity contribution in [1.82, 2.24) is 34.7 Å². The smallest absolute Gasteiger partial charge is 0.271 e. The largest absolute Gasteiger partial charge is 0.473 e. The van der Waals surface area contributed by atoms with Crippen LogP contribution in [0.5, 0.6) is 5.88 Å². The molecule has 4 aromatic rings. The summed E-state index contributed by atoms with van der Waals surface area (Å²) >= 11 is 0. The van der Waals surface area contributed by atoms with Crippen molar-refractivity contribution >= 4 is 23.1 Å². The van der Waals surface area contributed by atoms with Crippen LogP contribution in [0.2, 0.25) is 0 Å². The van der Waals surface area contributed by atoms with Crippen molar-refractivity contribution in [2.45, 2.75) is 26.1 Å². The third-order valence-corrected chi connectivity index (χ3v) is 5.94. The summed E-state index contributed by atoms with van der Waals surface area (Å²) in [6, 6.07) is 6.02. The molecule has 1 atom stereocenters. The lowest BCUT2D eigenvalue weighted by atomic mass is 10.1. The van der Waals surface area contributed by atoms with Crippen LogP contribution < -0.4 is 10.3 Å². The average Bonchev–Trinajstić information content (AvgIpc) is 3.43. The Hall–Kier alpha value is -3.63. The number of H-pyrrole nitrogens is 2. The summed E-state index contributed by atoms with van der Waals surface area (Å²) in [6.07, 6.45) is 5.37. The molecule has 172 valence electrons. The standard InChI is InChI=1S/C23H27N7O3/c1-14-12-28(2)13-21-16(22(32)27-30(21)8-9-31)5-7-20-17-10-15(4-6-19(17)25-26-20)18-11-24-29(3)23(18)33-14/h4-7,10-11,14,31H,8-9,12-13H2,1-3H3,(H,25,26)(H,27,32)/b7-5+/t14-/m0/s1. The molecule has 0 saturated carbocycles. The zero-order valence-corrected chi connectivity index (χ0v) is 18.9. The number of aliphatic hydroxyl groups excluding tert-OH is 1. The molecule has 1 aliphatic rings. The number of nitrogens with one attached hydrogen (secondary N) is 2. The van der Waals surface area contributed by atoms with Crippen LogP contribution in [0.15, 0.2) is 29.2 Å². The van der Waals surface area contributed by atoms with E-state index in [2.05, 4.69) is 31.4 Å². The van der Waals surface area contributed by atoms with Gasteiger partial charge in [0.25, 0.3) is 5.56 Å². The first-order valence-electron chi connectivity index (χ1n) is 10.9. The molecule has 0 aliphatic carbocycles.